The molecule has 3 unspecified atom stereocenters. The van der Waals surface area contributed by atoms with Crippen LogP contribution in [0.5, 0.6) is 0 Å². The standard InChI is InChI=1S/C23H17ClF2NO3.C7H18N2/c1-29-22-21-18(12-28)19-6-7-23(21,30-19)20(8-13-2-4-14(24)5-3-13)27(22)17-10-15(25)9-16(26)11-17;1-4-9(5-2)7-6-8-3/h2-7,9-12,19-20H,8H2,1H3;8H,4-7H2,1-3H3/q+1;. The molecule has 0 radical (unpaired) electrons. The van der Waals surface area contributed by atoms with Crippen LogP contribution >= 0.6 is 11.6 Å². The van der Waals surface area contributed by atoms with E-state index in [-0.39, 0.29) is 5.69 Å². The number of likely N-dealkylation sites (N-methyl/N-ethyl adjacent to an activating group) is 2. The second-order valence-corrected chi connectivity index (χ2v) is 10.1. The zero-order valence-corrected chi connectivity index (χ0v) is 23.5. The number of nitrogens with zero attached hydrogens (tertiary/aromatic N) is 2. The van der Waals surface area contributed by atoms with Gasteiger partial charge in [-0.1, -0.05) is 43.7 Å². The number of nitrogens with one attached hydrogen (secondary N) is 1. The summed E-state index contributed by atoms with van der Waals surface area (Å²) in [6.45, 7) is 8.99. The maximum atomic E-state index is 14.1. The lowest BCUT2D eigenvalue weighted by Gasteiger charge is -2.24. The van der Waals surface area contributed by atoms with E-state index in [0.717, 1.165) is 37.6 Å². The summed E-state index contributed by atoms with van der Waals surface area (Å²) in [7, 11) is 3.46. The highest BCUT2D eigenvalue weighted by atomic mass is 35.5. The molecule has 3 aliphatic heterocycles. The average Bonchev–Trinajstić information content (AvgIpc) is 3.57. The Kier molecular flexibility index (Phi) is 9.33. The van der Waals surface area contributed by atoms with Gasteiger partial charge in [-0.2, -0.15) is 4.58 Å². The van der Waals surface area contributed by atoms with Gasteiger partial charge >= 0.3 is 5.90 Å². The molecule has 0 amide bonds. The van der Waals surface area contributed by atoms with Crippen molar-refractivity contribution in [3.05, 3.63) is 88.0 Å². The summed E-state index contributed by atoms with van der Waals surface area (Å²) in [4.78, 5) is 14.3. The molecule has 5 rings (SSSR count). The van der Waals surface area contributed by atoms with Crippen LogP contribution in [-0.4, -0.2) is 79.7 Å². The molecular weight excluding hydrogens is 524 g/mol. The van der Waals surface area contributed by atoms with Crippen LogP contribution in [0.1, 0.15) is 19.4 Å². The van der Waals surface area contributed by atoms with Crippen LogP contribution < -0.4 is 5.32 Å². The number of hydrogen-bond donors (Lipinski definition) is 1. The minimum absolute atomic E-state index is 0.283. The van der Waals surface area contributed by atoms with Crippen molar-refractivity contribution in [3.63, 3.8) is 0 Å². The van der Waals surface area contributed by atoms with E-state index in [9.17, 15) is 13.6 Å². The molecule has 3 aliphatic rings. The van der Waals surface area contributed by atoms with Crippen LogP contribution in [0.4, 0.5) is 14.5 Å². The Hall–Kier alpha value is -2.91. The third-order valence-electron chi connectivity index (χ3n) is 7.43. The minimum atomic E-state index is -0.950. The van der Waals surface area contributed by atoms with Crippen molar-refractivity contribution in [3.8, 4) is 0 Å². The number of rotatable bonds is 9. The van der Waals surface area contributed by atoms with Gasteiger partial charge in [-0.3, -0.25) is 4.79 Å². The quantitative estimate of drug-likeness (QED) is 0.275. The maximum absolute atomic E-state index is 14.1. The molecule has 6 nitrogen and oxygen atoms in total. The van der Waals surface area contributed by atoms with E-state index < -0.39 is 29.4 Å². The van der Waals surface area contributed by atoms with Crippen molar-refractivity contribution >= 4 is 29.5 Å². The lowest BCUT2D eigenvalue weighted by Crippen LogP contribution is -2.43. The van der Waals surface area contributed by atoms with Gasteiger partial charge in [0.05, 0.1) is 7.11 Å². The van der Waals surface area contributed by atoms with Gasteiger partial charge in [0.2, 0.25) is 11.7 Å². The molecule has 3 heterocycles. The molecule has 0 aromatic heterocycles. The van der Waals surface area contributed by atoms with Gasteiger partial charge in [0.15, 0.2) is 5.60 Å². The summed E-state index contributed by atoms with van der Waals surface area (Å²) in [6, 6.07) is 10.2. The molecule has 0 saturated heterocycles. The van der Waals surface area contributed by atoms with Gasteiger partial charge in [-0.25, -0.2) is 8.78 Å². The van der Waals surface area contributed by atoms with E-state index in [1.165, 1.54) is 25.8 Å². The topological polar surface area (TPSA) is 53.8 Å². The summed E-state index contributed by atoms with van der Waals surface area (Å²) in [5.41, 5.74) is 1.36. The van der Waals surface area contributed by atoms with E-state index in [1.807, 2.05) is 31.3 Å². The molecule has 2 aromatic carbocycles. The number of hydrogen-bond acceptors (Lipinski definition) is 5. The number of carbonyl (C=O) groups is 1. The van der Waals surface area contributed by atoms with Crippen molar-refractivity contribution in [2.75, 3.05) is 40.3 Å². The van der Waals surface area contributed by atoms with Crippen LogP contribution in [0.15, 0.2) is 65.8 Å². The van der Waals surface area contributed by atoms with Crippen molar-refractivity contribution in [2.24, 2.45) is 0 Å². The van der Waals surface area contributed by atoms with Crippen LogP contribution in [0.3, 0.4) is 0 Å². The molecule has 39 heavy (non-hydrogen) atoms. The minimum Gasteiger partial charge on any atom is -0.447 e. The van der Waals surface area contributed by atoms with E-state index >= 15 is 0 Å². The smallest absolute Gasteiger partial charge is 0.375 e. The number of aldehydes is 1. The van der Waals surface area contributed by atoms with Crippen molar-refractivity contribution in [1.29, 1.82) is 0 Å². The van der Waals surface area contributed by atoms with Gasteiger partial charge in [-0.15, -0.1) is 0 Å². The van der Waals surface area contributed by atoms with Crippen LogP contribution in [-0.2, 0) is 20.7 Å². The molecule has 2 bridgehead atoms. The molecule has 9 heteroatoms. The third-order valence-corrected chi connectivity index (χ3v) is 7.68. The number of carbonyl (C=O) groups excluding carboxylic acids is 1. The van der Waals surface area contributed by atoms with Gasteiger partial charge in [0.25, 0.3) is 0 Å². The zero-order valence-electron chi connectivity index (χ0n) is 22.7. The number of halogens is 3. The molecular formula is C30H35ClF2N3O3+. The Morgan fingerprint density at radius 3 is 2.38 bits per heavy atom. The molecule has 1 spiro atoms. The Balaban J connectivity index is 0.000000340. The average molecular weight is 559 g/mol. The number of benzene rings is 2. The van der Waals surface area contributed by atoms with E-state index in [1.54, 1.807) is 16.7 Å². The lowest BCUT2D eigenvalue weighted by molar-refractivity contribution is -0.499. The summed E-state index contributed by atoms with van der Waals surface area (Å²) < 4.78 is 41.8. The first-order valence-electron chi connectivity index (χ1n) is 13.2. The van der Waals surface area contributed by atoms with Gasteiger partial charge in [0, 0.05) is 48.3 Å². The summed E-state index contributed by atoms with van der Waals surface area (Å²) in [5.74, 6) is -1.05. The summed E-state index contributed by atoms with van der Waals surface area (Å²) in [6.07, 6.45) is 4.52. The molecule has 2 aromatic rings. The fraction of sp³-hybridized carbons (Fsp3) is 0.400. The van der Waals surface area contributed by atoms with E-state index in [0.29, 0.717) is 28.5 Å². The molecule has 1 N–H and O–H groups in total. The normalized spacial score (nSPS) is 22.9. The van der Waals surface area contributed by atoms with Crippen molar-refractivity contribution < 1.29 is 27.6 Å². The van der Waals surface area contributed by atoms with Crippen LogP contribution in [0.2, 0.25) is 5.02 Å². The Morgan fingerprint density at radius 1 is 1.15 bits per heavy atom. The largest absolute Gasteiger partial charge is 0.447 e. The fourth-order valence-electron chi connectivity index (χ4n) is 5.50. The Morgan fingerprint density at radius 2 is 1.82 bits per heavy atom. The SMILES string of the molecule is CCN(CC)CCNC.COC1=[N+](c2cc(F)cc(F)c2)C(Cc2ccc(Cl)cc2)C23C=CC(O2)C(C=O)=C13. The lowest BCUT2D eigenvalue weighted by atomic mass is 9.82. The van der Waals surface area contributed by atoms with Gasteiger partial charge < -0.3 is 19.7 Å². The first kappa shape index (κ1) is 29.1. The number of methoxy groups -OCH3 is 1. The fourth-order valence-corrected chi connectivity index (χ4v) is 5.62. The zero-order chi connectivity index (χ0) is 28.2. The predicted molar refractivity (Wildman–Crippen MR) is 149 cm³/mol. The predicted octanol–water partition coefficient (Wildman–Crippen LogP) is 4.68. The second kappa shape index (κ2) is 12.5. The summed E-state index contributed by atoms with van der Waals surface area (Å²) >= 11 is 6.02. The van der Waals surface area contributed by atoms with Crippen molar-refractivity contribution in [1.82, 2.24) is 10.2 Å². The van der Waals surface area contributed by atoms with Gasteiger partial charge in [-0.05, 0) is 43.9 Å². The Bertz CT molecular complexity index is 1270. The third kappa shape index (κ3) is 5.70. The highest BCUT2D eigenvalue weighted by molar-refractivity contribution is 6.30. The monoisotopic (exact) mass is 558 g/mol. The van der Waals surface area contributed by atoms with E-state index in [4.69, 9.17) is 21.1 Å². The molecule has 0 aliphatic carbocycles. The van der Waals surface area contributed by atoms with Crippen LogP contribution in [0, 0.1) is 11.6 Å². The Labute approximate surface area is 233 Å². The maximum Gasteiger partial charge on any atom is 0.375 e. The highest BCUT2D eigenvalue weighted by Crippen LogP contribution is 2.51. The molecule has 0 fully saturated rings. The van der Waals surface area contributed by atoms with Crippen molar-refractivity contribution in [2.45, 2.75) is 38.0 Å². The molecule has 3 atom stereocenters. The highest BCUT2D eigenvalue weighted by Gasteiger charge is 2.67. The van der Waals surface area contributed by atoms with E-state index in [2.05, 4.69) is 24.1 Å². The first-order chi connectivity index (χ1) is 18.8. The summed E-state index contributed by atoms with van der Waals surface area (Å²) in [5, 5.41) is 3.73. The second-order valence-electron chi connectivity index (χ2n) is 9.62. The number of ether oxygens (including phenoxy) is 2. The van der Waals surface area contributed by atoms with Gasteiger partial charge in [0.1, 0.15) is 29.6 Å². The molecule has 208 valence electrons. The molecule has 0 saturated carbocycles. The number of fused-ring (bicyclic) bond motifs is 1. The van der Waals surface area contributed by atoms with Crippen LogP contribution in [0.25, 0.3) is 0 Å². The first-order valence-corrected chi connectivity index (χ1v) is 13.5.